The molecular weight excluding hydrogens is 398 g/mol. The normalized spacial score (nSPS) is 10.9. The Balaban J connectivity index is 1.98. The van der Waals surface area contributed by atoms with E-state index >= 15 is 0 Å². The highest BCUT2D eigenvalue weighted by molar-refractivity contribution is 7.99. The summed E-state index contributed by atoms with van der Waals surface area (Å²) in [5, 5.41) is 3.62. The molecule has 7 heteroatoms. The molecule has 0 saturated heterocycles. The van der Waals surface area contributed by atoms with Crippen LogP contribution in [0, 0.1) is 0 Å². The van der Waals surface area contributed by atoms with Crippen LogP contribution in [0.1, 0.15) is 55.8 Å². The van der Waals surface area contributed by atoms with E-state index in [4.69, 9.17) is 9.72 Å². The molecule has 1 aromatic heterocycles. The second-order valence-corrected chi connectivity index (χ2v) is 8.35. The largest absolute Gasteiger partial charge is 0.378 e. The van der Waals surface area contributed by atoms with Crippen LogP contribution in [-0.4, -0.2) is 34.9 Å². The van der Waals surface area contributed by atoms with Gasteiger partial charge in [0.15, 0.2) is 5.16 Å². The van der Waals surface area contributed by atoms with Gasteiger partial charge in [0, 0.05) is 44.9 Å². The zero-order chi connectivity index (χ0) is 21.8. The second-order valence-electron chi connectivity index (χ2n) is 7.29. The van der Waals surface area contributed by atoms with Crippen molar-refractivity contribution in [3.8, 4) is 0 Å². The first-order chi connectivity index (χ1) is 14.6. The summed E-state index contributed by atoms with van der Waals surface area (Å²) in [6, 6.07) is 9.90. The Labute approximate surface area is 183 Å². The number of aromatic nitrogens is 2. The van der Waals surface area contributed by atoms with E-state index < -0.39 is 0 Å². The second kappa shape index (κ2) is 13.2. The molecule has 1 aromatic carbocycles. The lowest BCUT2D eigenvalue weighted by Gasteiger charge is -2.14. The molecule has 1 N–H and O–H groups in total. The molecule has 0 radical (unpaired) electrons. The van der Waals surface area contributed by atoms with Gasteiger partial charge in [-0.3, -0.25) is 14.2 Å². The fourth-order valence-electron chi connectivity index (χ4n) is 3.12. The van der Waals surface area contributed by atoms with Gasteiger partial charge < -0.3 is 10.1 Å². The third kappa shape index (κ3) is 7.61. The monoisotopic (exact) mass is 431 g/mol. The molecule has 0 bridgehead atoms. The maximum Gasteiger partial charge on any atom is 0.257 e. The molecule has 0 aliphatic carbocycles. The highest BCUT2D eigenvalue weighted by Crippen LogP contribution is 2.19. The summed E-state index contributed by atoms with van der Waals surface area (Å²) < 4.78 is 6.90. The minimum atomic E-state index is -0.0444. The Kier molecular flexibility index (Phi) is 10.7. The van der Waals surface area contributed by atoms with E-state index in [9.17, 15) is 9.59 Å². The predicted molar refractivity (Wildman–Crippen MR) is 122 cm³/mol. The maximum atomic E-state index is 13.0. The Morgan fingerprint density at radius 1 is 1.20 bits per heavy atom. The van der Waals surface area contributed by atoms with Crippen molar-refractivity contribution in [1.29, 1.82) is 0 Å². The van der Waals surface area contributed by atoms with Crippen molar-refractivity contribution in [2.24, 2.45) is 7.05 Å². The summed E-state index contributed by atoms with van der Waals surface area (Å²) in [4.78, 5) is 29.6. The number of rotatable bonds is 13. The number of thioether (sulfide) groups is 1. The molecule has 6 nitrogen and oxygen atoms in total. The molecule has 0 aliphatic heterocycles. The lowest BCUT2D eigenvalue weighted by Crippen LogP contribution is -2.27. The molecule has 0 fully saturated rings. The number of ether oxygens (including phenoxy) is 1. The van der Waals surface area contributed by atoms with Gasteiger partial charge in [-0.15, -0.1) is 0 Å². The first-order valence-electron chi connectivity index (χ1n) is 10.6. The van der Waals surface area contributed by atoms with Gasteiger partial charge in [-0.25, -0.2) is 4.98 Å². The van der Waals surface area contributed by atoms with Gasteiger partial charge in [-0.05, 0) is 18.4 Å². The van der Waals surface area contributed by atoms with Crippen molar-refractivity contribution < 1.29 is 9.53 Å². The Morgan fingerprint density at radius 3 is 2.67 bits per heavy atom. The molecule has 2 rings (SSSR count). The fraction of sp³-hybridized carbons (Fsp3) is 0.522. The van der Waals surface area contributed by atoms with Crippen LogP contribution in [0.3, 0.4) is 0 Å². The van der Waals surface area contributed by atoms with E-state index in [0.29, 0.717) is 35.9 Å². The molecule has 30 heavy (non-hydrogen) atoms. The third-order valence-corrected chi connectivity index (χ3v) is 5.93. The average molecular weight is 432 g/mol. The number of methoxy groups -OCH3 is 1. The number of carbonyl (C=O) groups is 1. The van der Waals surface area contributed by atoms with Crippen molar-refractivity contribution in [2.45, 2.75) is 57.2 Å². The minimum absolute atomic E-state index is 0.0444. The molecule has 2 aromatic rings. The predicted octanol–water partition coefficient (Wildman–Crippen LogP) is 3.70. The Bertz CT molecular complexity index is 853. The summed E-state index contributed by atoms with van der Waals surface area (Å²) in [5.74, 6) is 0.819. The van der Waals surface area contributed by atoms with Crippen LogP contribution in [0.2, 0.25) is 0 Å². The zero-order valence-corrected chi connectivity index (χ0v) is 19.1. The van der Waals surface area contributed by atoms with Crippen molar-refractivity contribution in [1.82, 2.24) is 14.9 Å². The van der Waals surface area contributed by atoms with Crippen LogP contribution in [0.4, 0.5) is 0 Å². The van der Waals surface area contributed by atoms with Gasteiger partial charge in [0.1, 0.15) is 0 Å². The lowest BCUT2D eigenvalue weighted by molar-refractivity contribution is -0.121. The van der Waals surface area contributed by atoms with E-state index in [2.05, 4.69) is 12.2 Å². The van der Waals surface area contributed by atoms with Gasteiger partial charge in [0.2, 0.25) is 5.91 Å². The molecule has 0 spiro atoms. The van der Waals surface area contributed by atoms with Crippen LogP contribution in [0.15, 0.2) is 40.3 Å². The number of nitrogens with zero attached hydrogens (tertiary/aromatic N) is 2. The number of nitrogens with one attached hydrogen (secondary N) is 1. The third-order valence-electron chi connectivity index (χ3n) is 4.82. The van der Waals surface area contributed by atoms with Crippen LogP contribution in [-0.2, 0) is 29.6 Å². The summed E-state index contributed by atoms with van der Waals surface area (Å²) in [5.41, 5.74) is 2.37. The van der Waals surface area contributed by atoms with Gasteiger partial charge in [0.25, 0.3) is 5.56 Å². The lowest BCUT2D eigenvalue weighted by atomic mass is 10.0. The molecule has 0 saturated carbocycles. The van der Waals surface area contributed by atoms with Crippen molar-refractivity contribution >= 4 is 17.7 Å². The van der Waals surface area contributed by atoms with Crippen LogP contribution in [0.5, 0.6) is 0 Å². The molecule has 0 atom stereocenters. The SMILES string of the molecule is CCCCCNC(=O)CCCSc1nc(COC)c(Cc2ccccc2)c(=O)n1C. The van der Waals surface area contributed by atoms with Gasteiger partial charge in [0.05, 0.1) is 12.3 Å². The zero-order valence-electron chi connectivity index (χ0n) is 18.3. The molecule has 1 amide bonds. The highest BCUT2D eigenvalue weighted by atomic mass is 32.2. The number of hydrogen-bond donors (Lipinski definition) is 1. The van der Waals surface area contributed by atoms with Gasteiger partial charge in [-0.2, -0.15) is 0 Å². The van der Waals surface area contributed by atoms with Crippen LogP contribution >= 0.6 is 11.8 Å². The van der Waals surface area contributed by atoms with E-state index in [1.165, 1.54) is 11.8 Å². The van der Waals surface area contributed by atoms with Crippen molar-refractivity contribution in [2.75, 3.05) is 19.4 Å². The van der Waals surface area contributed by atoms with Crippen molar-refractivity contribution in [3.05, 3.63) is 57.5 Å². The summed E-state index contributed by atoms with van der Waals surface area (Å²) in [6.45, 7) is 3.19. The number of benzene rings is 1. The fourth-order valence-corrected chi connectivity index (χ4v) is 4.04. The number of carbonyl (C=O) groups excluding carboxylic acids is 1. The summed E-state index contributed by atoms with van der Waals surface area (Å²) in [7, 11) is 3.36. The van der Waals surface area contributed by atoms with Crippen LogP contribution in [0.25, 0.3) is 0 Å². The van der Waals surface area contributed by atoms with Crippen molar-refractivity contribution in [3.63, 3.8) is 0 Å². The number of unbranched alkanes of at least 4 members (excludes halogenated alkanes) is 2. The number of hydrogen-bond acceptors (Lipinski definition) is 5. The quantitative estimate of drug-likeness (QED) is 0.297. The van der Waals surface area contributed by atoms with E-state index in [1.807, 2.05) is 30.3 Å². The first-order valence-corrected chi connectivity index (χ1v) is 11.6. The molecule has 0 unspecified atom stereocenters. The molecular formula is C23H33N3O3S. The Hall–Kier alpha value is -2.12. The average Bonchev–Trinajstić information content (AvgIpc) is 2.75. The molecule has 1 heterocycles. The van der Waals surface area contributed by atoms with Gasteiger partial charge in [-0.1, -0.05) is 61.9 Å². The van der Waals surface area contributed by atoms with Gasteiger partial charge >= 0.3 is 0 Å². The topological polar surface area (TPSA) is 73.2 Å². The molecule has 164 valence electrons. The Morgan fingerprint density at radius 2 is 1.97 bits per heavy atom. The number of amides is 1. The van der Waals surface area contributed by atoms with E-state index in [0.717, 1.165) is 43.5 Å². The summed E-state index contributed by atoms with van der Waals surface area (Å²) >= 11 is 1.51. The van der Waals surface area contributed by atoms with Crippen LogP contribution < -0.4 is 10.9 Å². The minimum Gasteiger partial charge on any atom is -0.378 e. The van der Waals surface area contributed by atoms with E-state index in [1.54, 1.807) is 18.7 Å². The smallest absolute Gasteiger partial charge is 0.257 e. The highest BCUT2D eigenvalue weighted by Gasteiger charge is 2.15. The maximum absolute atomic E-state index is 13.0. The summed E-state index contributed by atoms with van der Waals surface area (Å²) in [6.07, 6.45) is 5.08. The standard InChI is InChI=1S/C23H33N3O3S/c1-4-5-9-14-24-21(27)13-10-15-30-23-25-20(17-29-3)19(22(28)26(23)2)16-18-11-7-6-8-12-18/h6-8,11-12H,4-5,9-10,13-17H2,1-3H3,(H,24,27). The molecule has 0 aliphatic rings. The van der Waals surface area contributed by atoms with E-state index in [-0.39, 0.29) is 11.5 Å². The first kappa shape index (κ1) is 24.2.